The molecule has 5 rings (SSSR count). The first-order chi connectivity index (χ1) is 21.1. The van der Waals surface area contributed by atoms with E-state index in [1.54, 1.807) is 6.33 Å². The lowest BCUT2D eigenvalue weighted by Crippen LogP contribution is -2.50. The van der Waals surface area contributed by atoms with Crippen LogP contribution in [0.3, 0.4) is 0 Å². The van der Waals surface area contributed by atoms with E-state index in [1.165, 1.54) is 23.2 Å². The SMILES string of the molecule is COCC(=O)Nc1ncc(S(=O)(=O)N2CCN(C[C@H](C)Nc3ncnc4c(-c5cccc(CN(C)C)c5)cccc34)CC2)s1. The number of carbonyl (C=O) groups is 1. The highest BCUT2D eigenvalue weighted by Crippen LogP contribution is 2.31. The van der Waals surface area contributed by atoms with Gasteiger partial charge in [-0.25, -0.2) is 23.4 Å². The minimum absolute atomic E-state index is 0.0584. The normalized spacial score (nSPS) is 15.5. The van der Waals surface area contributed by atoms with Gasteiger partial charge in [0.1, 0.15) is 18.8 Å². The summed E-state index contributed by atoms with van der Waals surface area (Å²) in [5, 5.41) is 7.29. The molecule has 1 fully saturated rings. The van der Waals surface area contributed by atoms with Gasteiger partial charge in [0.15, 0.2) is 9.34 Å². The maximum atomic E-state index is 13.2. The molecular formula is C30H38N8O4S2. The van der Waals surface area contributed by atoms with Gasteiger partial charge < -0.3 is 15.0 Å². The van der Waals surface area contributed by atoms with Crippen LogP contribution in [0.15, 0.2) is 59.2 Å². The van der Waals surface area contributed by atoms with Crippen molar-refractivity contribution in [3.63, 3.8) is 0 Å². The summed E-state index contributed by atoms with van der Waals surface area (Å²) in [6.45, 7) is 5.48. The second kappa shape index (κ2) is 14.1. The molecule has 0 saturated carbocycles. The molecule has 2 N–H and O–H groups in total. The fourth-order valence-corrected chi connectivity index (χ4v) is 7.93. The van der Waals surface area contributed by atoms with E-state index in [2.05, 4.69) is 86.7 Å². The third-order valence-corrected chi connectivity index (χ3v) is 10.5. The number of fused-ring (bicyclic) bond motifs is 1. The zero-order valence-electron chi connectivity index (χ0n) is 25.4. The van der Waals surface area contributed by atoms with Gasteiger partial charge >= 0.3 is 0 Å². The van der Waals surface area contributed by atoms with Gasteiger partial charge in [-0.2, -0.15) is 4.31 Å². The molecule has 0 bridgehead atoms. The quantitative estimate of drug-likeness (QED) is 0.238. The first-order valence-corrected chi connectivity index (χ1v) is 16.6. The highest BCUT2D eigenvalue weighted by molar-refractivity contribution is 7.91. The van der Waals surface area contributed by atoms with E-state index in [0.29, 0.717) is 26.2 Å². The first kappa shape index (κ1) is 31.9. The fourth-order valence-electron chi connectivity index (χ4n) is 5.31. The molecule has 1 aliphatic heterocycles. The van der Waals surface area contributed by atoms with Crippen molar-refractivity contribution in [2.24, 2.45) is 0 Å². The zero-order valence-corrected chi connectivity index (χ0v) is 27.0. The van der Waals surface area contributed by atoms with E-state index in [4.69, 9.17) is 4.74 Å². The molecule has 0 radical (unpaired) electrons. The van der Waals surface area contributed by atoms with Crippen LogP contribution < -0.4 is 10.6 Å². The van der Waals surface area contributed by atoms with E-state index >= 15 is 0 Å². The van der Waals surface area contributed by atoms with Crippen molar-refractivity contribution in [1.82, 2.24) is 29.1 Å². The number of aromatic nitrogens is 3. The maximum Gasteiger partial charge on any atom is 0.254 e. The largest absolute Gasteiger partial charge is 0.375 e. The molecule has 1 saturated heterocycles. The van der Waals surface area contributed by atoms with Crippen molar-refractivity contribution >= 4 is 49.1 Å². The first-order valence-electron chi connectivity index (χ1n) is 14.4. The number of anilines is 2. The number of rotatable bonds is 12. The Labute approximate surface area is 262 Å². The number of benzene rings is 2. The van der Waals surface area contributed by atoms with E-state index < -0.39 is 10.0 Å². The van der Waals surface area contributed by atoms with Gasteiger partial charge in [0.2, 0.25) is 0 Å². The number of hydrogen-bond acceptors (Lipinski definition) is 11. The second-order valence-corrected chi connectivity index (χ2v) is 14.3. The van der Waals surface area contributed by atoms with E-state index in [1.807, 2.05) is 12.1 Å². The van der Waals surface area contributed by atoms with Crippen LogP contribution in [0.5, 0.6) is 0 Å². The summed E-state index contributed by atoms with van der Waals surface area (Å²) in [7, 11) is 1.83. The number of nitrogens with zero attached hydrogens (tertiary/aromatic N) is 6. The number of ether oxygens (including phenoxy) is 1. The van der Waals surface area contributed by atoms with E-state index in [0.717, 1.165) is 52.3 Å². The monoisotopic (exact) mass is 638 g/mol. The summed E-state index contributed by atoms with van der Waals surface area (Å²) in [5.41, 5.74) is 4.30. The van der Waals surface area contributed by atoms with Gasteiger partial charge in [0.25, 0.3) is 15.9 Å². The molecule has 1 amide bonds. The van der Waals surface area contributed by atoms with Gasteiger partial charge in [0.05, 0.1) is 11.7 Å². The lowest BCUT2D eigenvalue weighted by atomic mass is 10.00. The summed E-state index contributed by atoms with van der Waals surface area (Å²) in [4.78, 5) is 29.4. The Bertz CT molecular complexity index is 1700. The van der Waals surface area contributed by atoms with Crippen molar-refractivity contribution in [1.29, 1.82) is 0 Å². The highest BCUT2D eigenvalue weighted by atomic mass is 32.2. The molecule has 4 aromatic rings. The van der Waals surface area contributed by atoms with Gasteiger partial charge in [0, 0.05) is 63.4 Å². The van der Waals surface area contributed by atoms with Crippen LogP contribution in [0.1, 0.15) is 12.5 Å². The third-order valence-electron chi connectivity index (χ3n) is 7.25. The number of methoxy groups -OCH3 is 1. The summed E-state index contributed by atoms with van der Waals surface area (Å²) in [5.74, 6) is 0.386. The van der Waals surface area contributed by atoms with Crippen molar-refractivity contribution in [2.45, 2.75) is 23.7 Å². The summed E-state index contributed by atoms with van der Waals surface area (Å²) >= 11 is 0.938. The Kier molecular flexibility index (Phi) is 10.2. The number of nitrogens with one attached hydrogen (secondary N) is 2. The minimum Gasteiger partial charge on any atom is -0.375 e. The summed E-state index contributed by atoms with van der Waals surface area (Å²) < 4.78 is 32.8. The van der Waals surface area contributed by atoms with E-state index in [9.17, 15) is 13.2 Å². The highest BCUT2D eigenvalue weighted by Gasteiger charge is 2.31. The van der Waals surface area contributed by atoms with Crippen LogP contribution in [-0.2, 0) is 26.1 Å². The molecule has 2 aromatic carbocycles. The van der Waals surface area contributed by atoms with Crippen molar-refractivity contribution < 1.29 is 17.9 Å². The Balaban J connectivity index is 1.21. The molecule has 1 aliphatic rings. The maximum absolute atomic E-state index is 13.2. The Morgan fingerprint density at radius 2 is 1.86 bits per heavy atom. The predicted molar refractivity (Wildman–Crippen MR) is 173 cm³/mol. The van der Waals surface area contributed by atoms with Gasteiger partial charge in [-0.15, -0.1) is 0 Å². The second-order valence-electron chi connectivity index (χ2n) is 11.1. The molecular weight excluding hydrogens is 601 g/mol. The zero-order chi connectivity index (χ0) is 31.3. The number of carbonyl (C=O) groups excluding carboxylic acids is 1. The molecule has 2 aromatic heterocycles. The van der Waals surface area contributed by atoms with Crippen LogP contribution in [0.2, 0.25) is 0 Å². The predicted octanol–water partition coefficient (Wildman–Crippen LogP) is 3.21. The molecule has 0 aliphatic carbocycles. The Morgan fingerprint density at radius 1 is 1.09 bits per heavy atom. The number of amides is 1. The lowest BCUT2D eigenvalue weighted by molar-refractivity contribution is -0.119. The van der Waals surface area contributed by atoms with Gasteiger partial charge in [-0.05, 0) is 44.3 Å². The van der Waals surface area contributed by atoms with Crippen LogP contribution in [0.25, 0.3) is 22.0 Å². The van der Waals surface area contributed by atoms with Crippen LogP contribution in [0, 0.1) is 0 Å². The molecule has 0 unspecified atom stereocenters. The Hall–Kier alpha value is -3.53. The summed E-state index contributed by atoms with van der Waals surface area (Å²) in [6, 6.07) is 14.8. The number of piperazine rings is 1. The van der Waals surface area contributed by atoms with Crippen LogP contribution in [0.4, 0.5) is 10.9 Å². The molecule has 14 heteroatoms. The van der Waals surface area contributed by atoms with Crippen molar-refractivity contribution in [3.8, 4) is 11.1 Å². The lowest BCUT2D eigenvalue weighted by Gasteiger charge is -2.35. The van der Waals surface area contributed by atoms with Crippen molar-refractivity contribution in [3.05, 3.63) is 60.6 Å². The Morgan fingerprint density at radius 3 is 2.61 bits per heavy atom. The number of thiazole rings is 1. The molecule has 3 heterocycles. The standard InChI is InChI=1S/C30H38N8O4S2/c1-21(17-37-11-13-38(14-12-37)44(40,41)27-16-31-30(43-27)35-26(39)19-42-4)34-29-25-10-6-9-24(28(25)32-20-33-29)23-8-5-7-22(15-23)18-36(2)3/h5-10,15-16,20-21H,11-14,17-19H2,1-4H3,(H,31,35,39)(H,32,33,34)/t21-/m0/s1. The van der Waals surface area contributed by atoms with Crippen LogP contribution >= 0.6 is 11.3 Å². The van der Waals surface area contributed by atoms with Gasteiger partial charge in [-0.3, -0.25) is 15.0 Å². The molecule has 234 valence electrons. The minimum atomic E-state index is -3.70. The fraction of sp³-hybridized carbons (Fsp3) is 0.400. The average Bonchev–Trinajstić information content (AvgIpc) is 3.46. The smallest absolute Gasteiger partial charge is 0.254 e. The molecule has 0 spiro atoms. The summed E-state index contributed by atoms with van der Waals surface area (Å²) in [6.07, 6.45) is 2.89. The van der Waals surface area contributed by atoms with Gasteiger partial charge in [-0.1, -0.05) is 41.7 Å². The third kappa shape index (κ3) is 7.57. The number of para-hydroxylation sites is 1. The average molecular weight is 639 g/mol. The van der Waals surface area contributed by atoms with Crippen molar-refractivity contribution in [2.75, 3.05) is 71.2 Å². The molecule has 1 atom stereocenters. The molecule has 12 nitrogen and oxygen atoms in total. The van der Waals surface area contributed by atoms with E-state index in [-0.39, 0.29) is 27.9 Å². The number of hydrogen-bond donors (Lipinski definition) is 2. The number of sulfonamides is 1. The topological polar surface area (TPSA) is 133 Å². The molecule has 44 heavy (non-hydrogen) atoms. The van der Waals surface area contributed by atoms with Crippen LogP contribution in [-0.4, -0.2) is 110 Å².